The molecule has 0 unspecified atom stereocenters. The highest BCUT2D eigenvalue weighted by Gasteiger charge is 2.11. The van der Waals surface area contributed by atoms with Crippen LogP contribution in [0.25, 0.3) is 11.3 Å². The Labute approximate surface area is 93.2 Å². The largest absolute Gasteiger partial charge is 0.490 e. The summed E-state index contributed by atoms with van der Waals surface area (Å²) in [6.07, 6.45) is 2.66. The van der Waals surface area contributed by atoms with E-state index in [0.29, 0.717) is 6.61 Å². The maximum absolute atomic E-state index is 5.63. The van der Waals surface area contributed by atoms with Gasteiger partial charge in [0.25, 0.3) is 0 Å². The third kappa shape index (κ3) is 1.62. The van der Waals surface area contributed by atoms with Crippen LogP contribution >= 0.6 is 0 Å². The summed E-state index contributed by atoms with van der Waals surface area (Å²) in [6, 6.07) is 7.85. The fraction of sp³-hybridized carbons (Fsp3) is 0.250. The van der Waals surface area contributed by atoms with E-state index < -0.39 is 0 Å². The minimum absolute atomic E-state index is 0.708. The number of hydrogen-bond acceptors (Lipinski definition) is 3. The topological polar surface area (TPSA) is 47.1 Å². The third-order valence-electron chi connectivity index (χ3n) is 2.56. The molecule has 2 aromatic rings. The molecule has 0 radical (unpaired) electrons. The smallest absolute Gasteiger partial charge is 0.161 e. The van der Waals surface area contributed by atoms with Crippen LogP contribution in [0.4, 0.5) is 0 Å². The predicted molar refractivity (Wildman–Crippen MR) is 59.6 cm³/mol. The van der Waals surface area contributed by atoms with Crippen LogP contribution in [0.2, 0.25) is 0 Å². The van der Waals surface area contributed by atoms with Crippen molar-refractivity contribution in [2.24, 2.45) is 0 Å². The molecule has 0 saturated heterocycles. The van der Waals surface area contributed by atoms with Gasteiger partial charge in [0.1, 0.15) is 0 Å². The van der Waals surface area contributed by atoms with Crippen molar-refractivity contribution in [3.63, 3.8) is 0 Å². The van der Waals surface area contributed by atoms with Gasteiger partial charge in [0, 0.05) is 18.2 Å². The van der Waals surface area contributed by atoms with Gasteiger partial charge in [0.05, 0.1) is 18.9 Å². The molecule has 2 heterocycles. The van der Waals surface area contributed by atoms with Crippen molar-refractivity contribution in [3.05, 3.63) is 30.5 Å². The van der Waals surface area contributed by atoms with E-state index in [4.69, 9.17) is 9.47 Å². The fourth-order valence-electron chi connectivity index (χ4n) is 1.75. The van der Waals surface area contributed by atoms with Gasteiger partial charge in [0.15, 0.2) is 11.5 Å². The SMILES string of the molecule is c1cc(-c2ccc3c(c2)OCCCO3)[nH]n1. The first-order valence-corrected chi connectivity index (χ1v) is 5.33. The Morgan fingerprint density at radius 3 is 2.75 bits per heavy atom. The Morgan fingerprint density at radius 2 is 1.94 bits per heavy atom. The van der Waals surface area contributed by atoms with E-state index in [1.54, 1.807) is 6.20 Å². The zero-order chi connectivity index (χ0) is 10.8. The average molecular weight is 216 g/mol. The first kappa shape index (κ1) is 9.27. The summed E-state index contributed by atoms with van der Waals surface area (Å²) in [7, 11) is 0. The number of H-pyrrole nitrogens is 1. The highest BCUT2D eigenvalue weighted by Crippen LogP contribution is 2.33. The maximum atomic E-state index is 5.63. The molecule has 0 bridgehead atoms. The third-order valence-corrected chi connectivity index (χ3v) is 2.56. The Balaban J connectivity index is 2.01. The van der Waals surface area contributed by atoms with E-state index >= 15 is 0 Å². The molecule has 16 heavy (non-hydrogen) atoms. The summed E-state index contributed by atoms with van der Waals surface area (Å²) in [4.78, 5) is 0. The lowest BCUT2D eigenvalue weighted by molar-refractivity contribution is 0.297. The van der Waals surface area contributed by atoms with Crippen LogP contribution in [-0.2, 0) is 0 Å². The van der Waals surface area contributed by atoms with Crippen LogP contribution < -0.4 is 9.47 Å². The first-order valence-electron chi connectivity index (χ1n) is 5.33. The van der Waals surface area contributed by atoms with Crippen molar-refractivity contribution in [3.8, 4) is 22.8 Å². The molecule has 1 aromatic carbocycles. The standard InChI is InChI=1S/C12H12N2O2/c1-6-15-11-3-2-9(8-12(11)16-7-1)10-4-5-13-14-10/h2-5,8H,1,6-7H2,(H,13,14). The van der Waals surface area contributed by atoms with Crippen molar-refractivity contribution in [2.75, 3.05) is 13.2 Å². The number of ether oxygens (including phenoxy) is 2. The second-order valence-electron chi connectivity index (χ2n) is 3.68. The number of aromatic nitrogens is 2. The zero-order valence-corrected chi connectivity index (χ0v) is 8.77. The Bertz CT molecular complexity index is 480. The lowest BCUT2D eigenvalue weighted by Crippen LogP contribution is -1.97. The molecule has 0 spiro atoms. The van der Waals surface area contributed by atoms with Gasteiger partial charge in [-0.3, -0.25) is 5.10 Å². The summed E-state index contributed by atoms with van der Waals surface area (Å²) < 4.78 is 11.2. The minimum atomic E-state index is 0.708. The van der Waals surface area contributed by atoms with Crippen molar-refractivity contribution in [2.45, 2.75) is 6.42 Å². The van der Waals surface area contributed by atoms with Crippen molar-refractivity contribution in [1.82, 2.24) is 10.2 Å². The lowest BCUT2D eigenvalue weighted by Gasteiger charge is -2.08. The van der Waals surface area contributed by atoms with E-state index in [-0.39, 0.29) is 0 Å². The highest BCUT2D eigenvalue weighted by atomic mass is 16.5. The Morgan fingerprint density at radius 1 is 1.06 bits per heavy atom. The van der Waals surface area contributed by atoms with E-state index in [1.165, 1.54) is 0 Å². The fourth-order valence-corrected chi connectivity index (χ4v) is 1.75. The molecule has 0 amide bonds. The van der Waals surface area contributed by atoms with E-state index in [9.17, 15) is 0 Å². The molecule has 1 aliphatic rings. The van der Waals surface area contributed by atoms with Gasteiger partial charge in [-0.25, -0.2) is 0 Å². The number of fused-ring (bicyclic) bond motifs is 1. The van der Waals surface area contributed by atoms with Crippen molar-refractivity contribution >= 4 is 0 Å². The van der Waals surface area contributed by atoms with Crippen molar-refractivity contribution < 1.29 is 9.47 Å². The number of benzene rings is 1. The van der Waals surface area contributed by atoms with Crippen molar-refractivity contribution in [1.29, 1.82) is 0 Å². The number of rotatable bonds is 1. The molecule has 0 saturated carbocycles. The van der Waals surface area contributed by atoms with Crippen LogP contribution in [0.5, 0.6) is 11.5 Å². The Hall–Kier alpha value is -1.97. The predicted octanol–water partition coefficient (Wildman–Crippen LogP) is 2.24. The van der Waals surface area contributed by atoms with E-state index in [0.717, 1.165) is 35.8 Å². The monoisotopic (exact) mass is 216 g/mol. The van der Waals surface area contributed by atoms with Crippen LogP contribution in [0, 0.1) is 0 Å². The van der Waals surface area contributed by atoms with Crippen LogP contribution in [0.1, 0.15) is 6.42 Å². The average Bonchev–Trinajstić information content (AvgIpc) is 2.74. The summed E-state index contributed by atoms with van der Waals surface area (Å²) >= 11 is 0. The van der Waals surface area contributed by atoms with Gasteiger partial charge >= 0.3 is 0 Å². The van der Waals surface area contributed by atoms with Crippen LogP contribution in [0.15, 0.2) is 30.5 Å². The van der Waals surface area contributed by atoms with Gasteiger partial charge in [-0.1, -0.05) is 0 Å². The zero-order valence-electron chi connectivity index (χ0n) is 8.77. The number of aromatic amines is 1. The van der Waals surface area contributed by atoms with Gasteiger partial charge in [-0.2, -0.15) is 5.10 Å². The van der Waals surface area contributed by atoms with Gasteiger partial charge < -0.3 is 9.47 Å². The molecule has 3 rings (SSSR count). The molecule has 0 aliphatic carbocycles. The summed E-state index contributed by atoms with van der Waals surface area (Å²) in [5, 5.41) is 6.86. The molecule has 82 valence electrons. The van der Waals surface area contributed by atoms with Gasteiger partial charge in [-0.15, -0.1) is 0 Å². The summed E-state index contributed by atoms with van der Waals surface area (Å²) in [6.45, 7) is 1.43. The lowest BCUT2D eigenvalue weighted by atomic mass is 10.1. The molecule has 4 nitrogen and oxygen atoms in total. The minimum Gasteiger partial charge on any atom is -0.490 e. The van der Waals surface area contributed by atoms with Crippen LogP contribution in [0.3, 0.4) is 0 Å². The maximum Gasteiger partial charge on any atom is 0.161 e. The molecular weight excluding hydrogens is 204 g/mol. The van der Waals surface area contributed by atoms with E-state index in [2.05, 4.69) is 10.2 Å². The quantitative estimate of drug-likeness (QED) is 0.795. The van der Waals surface area contributed by atoms with E-state index in [1.807, 2.05) is 24.3 Å². The normalized spacial score (nSPS) is 14.5. The highest BCUT2D eigenvalue weighted by molar-refractivity contribution is 5.63. The second-order valence-corrected chi connectivity index (χ2v) is 3.68. The Kier molecular flexibility index (Phi) is 2.25. The number of nitrogens with zero attached hydrogens (tertiary/aromatic N) is 1. The number of hydrogen-bond donors (Lipinski definition) is 1. The molecule has 0 fully saturated rings. The van der Waals surface area contributed by atoms with Crippen LogP contribution in [-0.4, -0.2) is 23.4 Å². The molecule has 4 heteroatoms. The molecular formula is C12H12N2O2. The van der Waals surface area contributed by atoms with Gasteiger partial charge in [-0.05, 0) is 24.3 Å². The molecule has 0 atom stereocenters. The van der Waals surface area contributed by atoms with Gasteiger partial charge in [0.2, 0.25) is 0 Å². The molecule has 1 N–H and O–H groups in total. The summed E-state index contributed by atoms with van der Waals surface area (Å²) in [5.41, 5.74) is 2.04. The second kappa shape index (κ2) is 3.89. The number of nitrogens with one attached hydrogen (secondary N) is 1. The molecule has 1 aliphatic heterocycles. The molecule has 1 aromatic heterocycles. The summed E-state index contributed by atoms with van der Waals surface area (Å²) in [5.74, 6) is 1.63. The first-order chi connectivity index (χ1) is 7.93.